The Hall–Kier alpha value is -6.28. The molecule has 234 valence electrons. The first-order chi connectivity index (χ1) is 22.7. The zero-order valence-corrected chi connectivity index (χ0v) is 26.4. The van der Waals surface area contributed by atoms with E-state index in [2.05, 4.69) is 51.7 Å². The van der Waals surface area contributed by atoms with Crippen molar-refractivity contribution in [3.63, 3.8) is 0 Å². The summed E-state index contributed by atoms with van der Waals surface area (Å²) in [6.07, 6.45) is 4.59. The molecule has 11 nitrogen and oxygen atoms in total. The number of amides is 2. The molecule has 2 amide bonds. The second-order valence-corrected chi connectivity index (χ2v) is 12.0. The van der Waals surface area contributed by atoms with Crippen molar-refractivity contribution in [3.05, 3.63) is 120 Å². The predicted octanol–water partition coefficient (Wildman–Crippen LogP) is 7.65. The summed E-state index contributed by atoms with van der Waals surface area (Å²) >= 11 is 0. The highest BCUT2D eigenvalue weighted by Gasteiger charge is 2.22. The molecular formula is C36H33N9O2. The largest absolute Gasteiger partial charge is 0.488 e. The maximum Gasteiger partial charge on any atom is 0.324 e. The van der Waals surface area contributed by atoms with Crippen molar-refractivity contribution in [2.24, 2.45) is 0 Å². The van der Waals surface area contributed by atoms with Gasteiger partial charge in [-0.25, -0.2) is 19.4 Å². The lowest BCUT2D eigenvalue weighted by atomic mass is 9.92. The molecular weight excluding hydrogens is 590 g/mol. The Morgan fingerprint density at radius 3 is 2.49 bits per heavy atom. The summed E-state index contributed by atoms with van der Waals surface area (Å²) in [5.74, 6) is 2.19. The van der Waals surface area contributed by atoms with Gasteiger partial charge in [0.2, 0.25) is 0 Å². The Morgan fingerprint density at radius 1 is 0.936 bits per heavy atom. The van der Waals surface area contributed by atoms with Crippen molar-refractivity contribution in [1.29, 1.82) is 5.26 Å². The number of pyridine rings is 1. The van der Waals surface area contributed by atoms with Gasteiger partial charge >= 0.3 is 6.03 Å². The number of anilines is 4. The molecule has 47 heavy (non-hydrogen) atoms. The fourth-order valence-electron chi connectivity index (χ4n) is 4.90. The molecule has 0 bridgehead atoms. The van der Waals surface area contributed by atoms with Gasteiger partial charge in [-0.2, -0.15) is 10.4 Å². The van der Waals surface area contributed by atoms with E-state index in [0.717, 1.165) is 33.3 Å². The van der Waals surface area contributed by atoms with Crippen LogP contribution < -0.4 is 20.7 Å². The summed E-state index contributed by atoms with van der Waals surface area (Å²) in [6, 6.07) is 26.6. The molecule has 0 aliphatic carbocycles. The molecule has 6 rings (SSSR count). The van der Waals surface area contributed by atoms with Crippen molar-refractivity contribution < 1.29 is 9.53 Å². The fourth-order valence-corrected chi connectivity index (χ4v) is 4.90. The number of urea groups is 1. The quantitative estimate of drug-likeness (QED) is 0.157. The van der Waals surface area contributed by atoms with Crippen molar-refractivity contribution in [1.82, 2.24) is 24.7 Å². The first-order valence-electron chi connectivity index (χ1n) is 15.0. The van der Waals surface area contributed by atoms with Gasteiger partial charge in [0, 0.05) is 28.5 Å². The number of hydrogen-bond acceptors (Lipinski definition) is 8. The van der Waals surface area contributed by atoms with Gasteiger partial charge < -0.3 is 15.4 Å². The smallest absolute Gasteiger partial charge is 0.324 e. The Labute approximate surface area is 272 Å². The molecule has 6 aromatic rings. The van der Waals surface area contributed by atoms with E-state index < -0.39 is 0 Å². The number of benzene rings is 3. The molecule has 3 heterocycles. The third-order valence-corrected chi connectivity index (χ3v) is 7.35. The minimum Gasteiger partial charge on any atom is -0.488 e. The third kappa shape index (κ3) is 7.18. The maximum atomic E-state index is 13.4. The standard InChI is InChI=1S/C36H33N9O2/c1-23-9-11-26(12-10-23)45-34(18-31(44-45)36(2,3)4)43-35(46)41-29-13-14-30(28-8-6-5-7-27(28)29)47-22-24-15-16-39-32(17-24)42-33-21-38-20-25(19-37)40-33/h5-18,20-21H,22H2,1-4H3,(H,39,40,42)(H2,41,43,46). The molecule has 3 aromatic heterocycles. The number of nitrogens with one attached hydrogen (secondary N) is 3. The first kappa shape index (κ1) is 30.7. The Balaban J connectivity index is 1.18. The number of carbonyl (C=O) groups excluding carboxylic acids is 1. The van der Waals surface area contributed by atoms with Gasteiger partial charge in [-0.05, 0) is 48.9 Å². The summed E-state index contributed by atoms with van der Waals surface area (Å²) < 4.78 is 8.00. The van der Waals surface area contributed by atoms with Gasteiger partial charge in [0.05, 0.1) is 29.5 Å². The number of rotatable bonds is 8. The molecule has 0 saturated carbocycles. The number of aromatic nitrogens is 5. The Kier molecular flexibility index (Phi) is 8.49. The van der Waals surface area contributed by atoms with E-state index in [0.29, 0.717) is 28.9 Å². The average Bonchev–Trinajstić information content (AvgIpc) is 3.49. The molecule has 0 saturated heterocycles. The highest BCUT2D eigenvalue weighted by Crippen LogP contribution is 2.33. The lowest BCUT2D eigenvalue weighted by molar-refractivity contribution is 0.262. The van der Waals surface area contributed by atoms with E-state index in [9.17, 15) is 4.79 Å². The Morgan fingerprint density at radius 2 is 1.72 bits per heavy atom. The van der Waals surface area contributed by atoms with Gasteiger partial charge in [-0.3, -0.25) is 10.3 Å². The van der Waals surface area contributed by atoms with Gasteiger partial charge in [0.15, 0.2) is 11.5 Å². The summed E-state index contributed by atoms with van der Waals surface area (Å²) in [5, 5.41) is 24.7. The Bertz CT molecular complexity index is 2110. The van der Waals surface area contributed by atoms with Crippen LogP contribution in [-0.4, -0.2) is 30.8 Å². The van der Waals surface area contributed by atoms with Crippen LogP contribution in [0.3, 0.4) is 0 Å². The van der Waals surface area contributed by atoms with Crippen LogP contribution in [0.4, 0.5) is 27.9 Å². The molecule has 0 aliphatic rings. The van der Waals surface area contributed by atoms with Crippen LogP contribution in [0, 0.1) is 18.3 Å². The second kappa shape index (κ2) is 13.0. The van der Waals surface area contributed by atoms with Crippen LogP contribution in [0.2, 0.25) is 0 Å². The van der Waals surface area contributed by atoms with Crippen LogP contribution >= 0.6 is 0 Å². The van der Waals surface area contributed by atoms with Crippen LogP contribution in [0.5, 0.6) is 5.75 Å². The number of nitrogens with zero attached hydrogens (tertiary/aromatic N) is 6. The van der Waals surface area contributed by atoms with Crippen LogP contribution in [0.1, 0.15) is 43.3 Å². The van der Waals surface area contributed by atoms with Gasteiger partial charge in [0.25, 0.3) is 0 Å². The molecule has 11 heteroatoms. The first-order valence-corrected chi connectivity index (χ1v) is 15.0. The number of fused-ring (bicyclic) bond motifs is 1. The zero-order valence-electron chi connectivity index (χ0n) is 26.4. The summed E-state index contributed by atoms with van der Waals surface area (Å²) in [4.78, 5) is 25.9. The van der Waals surface area contributed by atoms with Crippen molar-refractivity contribution in [2.75, 3.05) is 16.0 Å². The number of carbonyl (C=O) groups is 1. The molecule has 0 spiro atoms. The van der Waals surface area contributed by atoms with E-state index in [-0.39, 0.29) is 23.7 Å². The third-order valence-electron chi connectivity index (χ3n) is 7.35. The summed E-state index contributed by atoms with van der Waals surface area (Å²) in [6.45, 7) is 8.57. The number of aryl methyl sites for hydroxylation is 1. The highest BCUT2D eigenvalue weighted by atomic mass is 16.5. The normalized spacial score (nSPS) is 11.1. The van der Waals surface area contributed by atoms with Crippen molar-refractivity contribution in [3.8, 4) is 17.5 Å². The van der Waals surface area contributed by atoms with Crippen LogP contribution in [-0.2, 0) is 12.0 Å². The lowest BCUT2D eigenvalue weighted by Gasteiger charge is -2.15. The molecule has 3 aromatic carbocycles. The van der Waals surface area contributed by atoms with E-state index >= 15 is 0 Å². The molecule has 0 fully saturated rings. The highest BCUT2D eigenvalue weighted by molar-refractivity contribution is 6.07. The zero-order chi connectivity index (χ0) is 33.0. The van der Waals surface area contributed by atoms with E-state index in [1.807, 2.05) is 91.9 Å². The number of ether oxygens (including phenoxy) is 1. The number of hydrogen-bond donors (Lipinski definition) is 3. The van der Waals surface area contributed by atoms with Gasteiger partial charge in [-0.1, -0.05) is 62.7 Å². The monoisotopic (exact) mass is 623 g/mol. The van der Waals surface area contributed by atoms with E-state index in [1.54, 1.807) is 10.9 Å². The lowest BCUT2D eigenvalue weighted by Crippen LogP contribution is -2.21. The molecule has 0 unspecified atom stereocenters. The van der Waals surface area contributed by atoms with Crippen molar-refractivity contribution in [2.45, 2.75) is 39.7 Å². The minimum absolute atomic E-state index is 0.206. The second-order valence-electron chi connectivity index (χ2n) is 12.0. The van der Waals surface area contributed by atoms with Crippen molar-refractivity contribution >= 4 is 39.9 Å². The number of nitriles is 1. The van der Waals surface area contributed by atoms with Gasteiger partial charge in [-0.15, -0.1) is 0 Å². The van der Waals surface area contributed by atoms with Crippen LogP contribution in [0.25, 0.3) is 16.5 Å². The molecule has 0 radical (unpaired) electrons. The SMILES string of the molecule is Cc1ccc(-n2nc(C(C)(C)C)cc2NC(=O)Nc2ccc(OCc3ccnc(Nc4cncc(C#N)n4)c3)c3ccccc23)cc1. The molecule has 3 N–H and O–H groups in total. The van der Waals surface area contributed by atoms with E-state index in [4.69, 9.17) is 15.1 Å². The molecule has 0 atom stereocenters. The molecule has 0 aliphatic heterocycles. The van der Waals surface area contributed by atoms with E-state index in [1.165, 1.54) is 12.4 Å². The van der Waals surface area contributed by atoms with Crippen LogP contribution in [0.15, 0.2) is 97.5 Å². The average molecular weight is 624 g/mol. The maximum absolute atomic E-state index is 13.4. The summed E-state index contributed by atoms with van der Waals surface area (Å²) in [5.41, 5.74) is 4.37. The van der Waals surface area contributed by atoms with Gasteiger partial charge in [0.1, 0.15) is 30.1 Å². The fraction of sp³-hybridized carbons (Fsp3) is 0.167. The summed E-state index contributed by atoms with van der Waals surface area (Å²) in [7, 11) is 0. The topological polar surface area (TPSA) is 143 Å². The minimum atomic E-state index is -0.389. The predicted molar refractivity (Wildman–Crippen MR) is 182 cm³/mol.